The van der Waals surface area contributed by atoms with Crippen LogP contribution < -0.4 is 0 Å². The first-order valence-electron chi connectivity index (χ1n) is 10.9. The molecular weight excluding hydrogens is 374 g/mol. The van der Waals surface area contributed by atoms with E-state index in [0.29, 0.717) is 5.69 Å². The number of aromatic amines is 1. The summed E-state index contributed by atoms with van der Waals surface area (Å²) in [6, 6.07) is 8.51. The van der Waals surface area contributed by atoms with E-state index in [1.54, 1.807) is 0 Å². The van der Waals surface area contributed by atoms with E-state index >= 15 is 0 Å². The zero-order valence-corrected chi connectivity index (χ0v) is 18.6. The van der Waals surface area contributed by atoms with Gasteiger partial charge in [-0.15, -0.1) is 0 Å². The summed E-state index contributed by atoms with van der Waals surface area (Å²) in [5.74, 6) is 0.0217. The molecule has 1 fully saturated rings. The second-order valence-electron chi connectivity index (χ2n) is 8.45. The van der Waals surface area contributed by atoms with Crippen molar-refractivity contribution in [3.05, 3.63) is 58.0 Å². The number of aromatic nitrogens is 4. The maximum absolute atomic E-state index is 13.4. The highest BCUT2D eigenvalue weighted by atomic mass is 16.2. The van der Waals surface area contributed by atoms with E-state index in [2.05, 4.69) is 61.2 Å². The lowest BCUT2D eigenvalue weighted by molar-refractivity contribution is 0.0729. The fourth-order valence-electron chi connectivity index (χ4n) is 4.66. The van der Waals surface area contributed by atoms with E-state index in [4.69, 9.17) is 0 Å². The first-order chi connectivity index (χ1) is 14.4. The topological polar surface area (TPSA) is 66.8 Å². The number of aryl methyl sites for hydroxylation is 4. The van der Waals surface area contributed by atoms with Gasteiger partial charge in [0.15, 0.2) is 0 Å². The van der Waals surface area contributed by atoms with Crippen molar-refractivity contribution in [1.82, 2.24) is 24.9 Å². The van der Waals surface area contributed by atoms with Crippen LogP contribution in [0.1, 0.15) is 70.8 Å². The van der Waals surface area contributed by atoms with Crippen molar-refractivity contribution in [1.29, 1.82) is 0 Å². The number of likely N-dealkylation sites (tertiary alicyclic amines) is 1. The Bertz CT molecular complexity index is 1080. The lowest BCUT2D eigenvalue weighted by atomic mass is 9.97. The minimum absolute atomic E-state index is 0.0217. The van der Waals surface area contributed by atoms with Crippen molar-refractivity contribution in [2.24, 2.45) is 0 Å². The van der Waals surface area contributed by atoms with E-state index in [1.807, 2.05) is 22.6 Å². The van der Waals surface area contributed by atoms with Gasteiger partial charge in [0.05, 0.1) is 17.4 Å². The monoisotopic (exact) mass is 405 g/mol. The highest BCUT2D eigenvalue weighted by Gasteiger charge is 2.32. The Hall–Kier alpha value is -2.89. The number of rotatable bonds is 5. The molecule has 0 bridgehead atoms. The smallest absolute Gasteiger partial charge is 0.272 e. The van der Waals surface area contributed by atoms with E-state index in [0.717, 1.165) is 55.0 Å². The lowest BCUT2D eigenvalue weighted by Gasteiger charge is -2.26. The molecule has 1 atom stereocenters. The number of hydrogen-bond donors (Lipinski definition) is 1. The number of benzene rings is 1. The minimum atomic E-state index is 0.0217. The zero-order chi connectivity index (χ0) is 21.4. The van der Waals surface area contributed by atoms with Crippen molar-refractivity contribution in [2.45, 2.75) is 66.5 Å². The van der Waals surface area contributed by atoms with Crippen LogP contribution in [0, 0.1) is 27.7 Å². The third-order valence-corrected chi connectivity index (χ3v) is 6.19. The van der Waals surface area contributed by atoms with Crippen LogP contribution in [0.5, 0.6) is 0 Å². The van der Waals surface area contributed by atoms with Gasteiger partial charge in [-0.25, -0.2) is 0 Å². The summed E-state index contributed by atoms with van der Waals surface area (Å²) in [5, 5.41) is 12.1. The fourth-order valence-corrected chi connectivity index (χ4v) is 4.66. The molecule has 0 radical (unpaired) electrons. The Labute approximate surface area is 178 Å². The lowest BCUT2D eigenvalue weighted by Crippen LogP contribution is -2.31. The van der Waals surface area contributed by atoms with Gasteiger partial charge in [0.2, 0.25) is 0 Å². The molecule has 6 heteroatoms. The van der Waals surface area contributed by atoms with E-state index in [1.165, 1.54) is 16.7 Å². The Balaban J connectivity index is 1.62. The van der Waals surface area contributed by atoms with Gasteiger partial charge in [0.1, 0.15) is 5.69 Å². The van der Waals surface area contributed by atoms with E-state index in [9.17, 15) is 4.79 Å². The molecule has 0 saturated carbocycles. The Morgan fingerprint density at radius 1 is 1.20 bits per heavy atom. The molecule has 0 unspecified atom stereocenters. The molecule has 1 aliphatic rings. The maximum atomic E-state index is 13.4. The zero-order valence-electron chi connectivity index (χ0n) is 18.6. The summed E-state index contributed by atoms with van der Waals surface area (Å²) < 4.78 is 2.03. The van der Waals surface area contributed by atoms with Gasteiger partial charge in [-0.05, 0) is 64.2 Å². The largest absolute Gasteiger partial charge is 0.330 e. The van der Waals surface area contributed by atoms with Gasteiger partial charge < -0.3 is 4.90 Å². The number of H-pyrrole nitrogens is 1. The third kappa shape index (κ3) is 3.55. The van der Waals surface area contributed by atoms with Gasteiger partial charge in [0, 0.05) is 24.3 Å². The first kappa shape index (κ1) is 20.4. The van der Waals surface area contributed by atoms with Crippen LogP contribution in [0.4, 0.5) is 0 Å². The summed E-state index contributed by atoms with van der Waals surface area (Å²) in [6.45, 7) is 12.1. The minimum Gasteiger partial charge on any atom is -0.330 e. The molecule has 1 aromatic carbocycles. The average Bonchev–Trinajstić information content (AvgIpc) is 3.43. The predicted molar refractivity (Wildman–Crippen MR) is 119 cm³/mol. The Morgan fingerprint density at radius 3 is 2.77 bits per heavy atom. The van der Waals surface area contributed by atoms with Crippen LogP contribution in [-0.2, 0) is 6.54 Å². The maximum Gasteiger partial charge on any atom is 0.272 e. The number of amides is 1. The van der Waals surface area contributed by atoms with Gasteiger partial charge in [0.25, 0.3) is 5.91 Å². The molecule has 3 heterocycles. The summed E-state index contributed by atoms with van der Waals surface area (Å²) in [4.78, 5) is 15.4. The van der Waals surface area contributed by atoms with Gasteiger partial charge in [-0.1, -0.05) is 30.7 Å². The van der Waals surface area contributed by atoms with E-state index in [-0.39, 0.29) is 11.9 Å². The van der Waals surface area contributed by atoms with Crippen molar-refractivity contribution in [3.8, 4) is 11.3 Å². The number of carbonyl (C=O) groups is 1. The summed E-state index contributed by atoms with van der Waals surface area (Å²) in [6.07, 6.45) is 3.05. The standard InChI is InChI=1S/C24H31N5O/c1-6-11-29-18(5)23(17(4)27-29)20-14-21(26-25-20)24(30)28-12-7-8-22(28)19-13-15(2)9-10-16(19)3/h9-10,13-14,22H,6-8,11-12H2,1-5H3,(H,25,26)/t22-/m0/s1. The van der Waals surface area contributed by atoms with Gasteiger partial charge in [-0.2, -0.15) is 10.2 Å². The van der Waals surface area contributed by atoms with Crippen molar-refractivity contribution < 1.29 is 4.79 Å². The van der Waals surface area contributed by atoms with E-state index < -0.39 is 0 Å². The summed E-state index contributed by atoms with van der Waals surface area (Å²) in [7, 11) is 0. The van der Waals surface area contributed by atoms with Crippen LogP contribution in [-0.4, -0.2) is 37.3 Å². The number of nitrogens with zero attached hydrogens (tertiary/aromatic N) is 4. The fraction of sp³-hybridized carbons (Fsp3) is 0.458. The Morgan fingerprint density at radius 2 is 2.00 bits per heavy atom. The SMILES string of the molecule is CCCn1nc(C)c(-c2cc(C(=O)N3CCC[C@H]3c3cc(C)ccc3C)[nH]n2)c1C. The van der Waals surface area contributed by atoms with Crippen molar-refractivity contribution in [3.63, 3.8) is 0 Å². The number of nitrogens with one attached hydrogen (secondary N) is 1. The molecule has 1 saturated heterocycles. The molecule has 3 aromatic rings. The van der Waals surface area contributed by atoms with Crippen LogP contribution in [0.15, 0.2) is 24.3 Å². The quantitative estimate of drug-likeness (QED) is 0.657. The van der Waals surface area contributed by atoms with Gasteiger partial charge >= 0.3 is 0 Å². The van der Waals surface area contributed by atoms with Crippen molar-refractivity contribution >= 4 is 5.91 Å². The number of hydrogen-bond acceptors (Lipinski definition) is 3. The number of carbonyl (C=O) groups excluding carboxylic acids is 1. The van der Waals surface area contributed by atoms with Crippen LogP contribution >= 0.6 is 0 Å². The molecule has 0 spiro atoms. The highest BCUT2D eigenvalue weighted by Crippen LogP contribution is 2.35. The molecule has 4 rings (SSSR count). The molecule has 1 aliphatic heterocycles. The van der Waals surface area contributed by atoms with Crippen LogP contribution in [0.3, 0.4) is 0 Å². The van der Waals surface area contributed by atoms with Gasteiger partial charge in [-0.3, -0.25) is 14.6 Å². The average molecular weight is 406 g/mol. The molecule has 1 amide bonds. The summed E-state index contributed by atoms with van der Waals surface area (Å²) in [5.41, 5.74) is 8.12. The normalized spacial score (nSPS) is 16.4. The molecule has 0 aliphatic carbocycles. The van der Waals surface area contributed by atoms with Crippen LogP contribution in [0.25, 0.3) is 11.3 Å². The molecule has 2 aromatic heterocycles. The second-order valence-corrected chi connectivity index (χ2v) is 8.45. The molecule has 30 heavy (non-hydrogen) atoms. The molecular formula is C24H31N5O. The first-order valence-corrected chi connectivity index (χ1v) is 10.9. The van der Waals surface area contributed by atoms with Crippen LogP contribution in [0.2, 0.25) is 0 Å². The Kier molecular flexibility index (Phi) is 5.50. The van der Waals surface area contributed by atoms with Crippen molar-refractivity contribution in [2.75, 3.05) is 6.54 Å². The third-order valence-electron chi connectivity index (χ3n) is 6.19. The molecule has 158 valence electrons. The second kappa shape index (κ2) is 8.09. The predicted octanol–water partition coefficient (Wildman–Crippen LogP) is 4.89. The summed E-state index contributed by atoms with van der Waals surface area (Å²) >= 11 is 0. The highest BCUT2D eigenvalue weighted by molar-refractivity contribution is 5.94. The molecule has 6 nitrogen and oxygen atoms in total. The molecule has 1 N–H and O–H groups in total.